The van der Waals surface area contributed by atoms with Gasteiger partial charge in [-0.1, -0.05) is 6.07 Å². The number of hydrogen-bond acceptors (Lipinski definition) is 3. The summed E-state index contributed by atoms with van der Waals surface area (Å²) in [6, 6.07) is 3.48. The molecular weight excluding hydrogens is 180 g/mol. The lowest BCUT2D eigenvalue weighted by atomic mass is 10.1. The first-order valence-corrected chi connectivity index (χ1v) is 4.40. The van der Waals surface area contributed by atoms with Crippen LogP contribution >= 0.6 is 0 Å². The van der Waals surface area contributed by atoms with Crippen LogP contribution in [-0.4, -0.2) is 18.0 Å². The zero-order valence-electron chi connectivity index (χ0n) is 8.63. The van der Waals surface area contributed by atoms with Gasteiger partial charge in [-0.2, -0.15) is 0 Å². The van der Waals surface area contributed by atoms with Gasteiger partial charge in [-0.3, -0.25) is 4.79 Å². The molecule has 0 aliphatic rings. The Morgan fingerprint density at radius 3 is 2.64 bits per heavy atom. The smallest absolute Gasteiger partial charge is 0.161 e. The van der Waals surface area contributed by atoms with Crippen molar-refractivity contribution in [1.82, 2.24) is 0 Å². The van der Waals surface area contributed by atoms with Crippen molar-refractivity contribution in [2.24, 2.45) is 0 Å². The second-order valence-electron chi connectivity index (χ2n) is 3.34. The van der Waals surface area contributed by atoms with Gasteiger partial charge in [-0.25, -0.2) is 0 Å². The first kappa shape index (κ1) is 10.6. The van der Waals surface area contributed by atoms with Crippen LogP contribution in [0.25, 0.3) is 0 Å². The third-order valence-electron chi connectivity index (χ3n) is 2.00. The molecule has 1 N–H and O–H groups in total. The minimum atomic E-state index is 0.0946. The van der Waals surface area contributed by atoms with Crippen LogP contribution in [0, 0.1) is 6.92 Å². The fraction of sp³-hybridized carbons (Fsp3) is 0.364. The molecule has 0 amide bonds. The lowest BCUT2D eigenvalue weighted by molar-refractivity contribution is -0.116. The van der Waals surface area contributed by atoms with E-state index in [2.05, 4.69) is 0 Å². The highest BCUT2D eigenvalue weighted by molar-refractivity contribution is 5.78. The minimum Gasteiger partial charge on any atom is -0.504 e. The highest BCUT2D eigenvalue weighted by atomic mass is 16.5. The van der Waals surface area contributed by atoms with E-state index in [-0.39, 0.29) is 11.5 Å². The van der Waals surface area contributed by atoms with Crippen molar-refractivity contribution in [3.8, 4) is 11.5 Å². The van der Waals surface area contributed by atoms with Crippen LogP contribution in [0.3, 0.4) is 0 Å². The normalized spacial score (nSPS) is 9.93. The molecule has 0 saturated carbocycles. The Hall–Kier alpha value is -1.51. The van der Waals surface area contributed by atoms with E-state index in [0.717, 1.165) is 11.1 Å². The van der Waals surface area contributed by atoms with Gasteiger partial charge in [0.05, 0.1) is 7.11 Å². The molecule has 0 saturated heterocycles. The van der Waals surface area contributed by atoms with E-state index < -0.39 is 0 Å². The van der Waals surface area contributed by atoms with E-state index >= 15 is 0 Å². The molecule has 3 nitrogen and oxygen atoms in total. The molecule has 14 heavy (non-hydrogen) atoms. The van der Waals surface area contributed by atoms with Gasteiger partial charge in [0.25, 0.3) is 0 Å². The lowest BCUT2D eigenvalue weighted by Gasteiger charge is -2.08. The Morgan fingerprint density at radius 1 is 1.50 bits per heavy atom. The van der Waals surface area contributed by atoms with Gasteiger partial charge >= 0.3 is 0 Å². The summed E-state index contributed by atoms with van der Waals surface area (Å²) in [5.41, 5.74) is 1.59. The molecule has 0 aromatic heterocycles. The summed E-state index contributed by atoms with van der Waals surface area (Å²) in [5, 5.41) is 9.55. The van der Waals surface area contributed by atoms with Crippen molar-refractivity contribution in [3.63, 3.8) is 0 Å². The number of ketones is 1. The Bertz CT molecular complexity index is 356. The maximum Gasteiger partial charge on any atom is 0.161 e. The van der Waals surface area contributed by atoms with Gasteiger partial charge in [0.1, 0.15) is 5.78 Å². The number of hydrogen-bond donors (Lipinski definition) is 1. The lowest BCUT2D eigenvalue weighted by Crippen LogP contribution is -1.98. The van der Waals surface area contributed by atoms with E-state index in [1.165, 1.54) is 14.0 Å². The van der Waals surface area contributed by atoms with Gasteiger partial charge in [0.2, 0.25) is 0 Å². The number of phenols is 1. The molecule has 1 aromatic rings. The molecule has 0 atom stereocenters. The van der Waals surface area contributed by atoms with Crippen LogP contribution in [-0.2, 0) is 11.2 Å². The van der Waals surface area contributed by atoms with Gasteiger partial charge in [0.15, 0.2) is 11.5 Å². The number of aryl methyl sites for hydroxylation is 1. The summed E-state index contributed by atoms with van der Waals surface area (Å²) in [5.74, 6) is 0.651. The SMILES string of the molecule is COc1cc(CC(C)=O)cc(C)c1O. The van der Waals surface area contributed by atoms with Gasteiger partial charge in [-0.05, 0) is 31.0 Å². The molecule has 1 aromatic carbocycles. The van der Waals surface area contributed by atoms with Gasteiger partial charge < -0.3 is 9.84 Å². The third-order valence-corrected chi connectivity index (χ3v) is 2.00. The number of carbonyl (C=O) groups excluding carboxylic acids is 1. The Kier molecular flexibility index (Phi) is 3.12. The zero-order chi connectivity index (χ0) is 10.7. The molecule has 3 heteroatoms. The van der Waals surface area contributed by atoms with Crippen molar-refractivity contribution in [2.75, 3.05) is 7.11 Å². The second-order valence-corrected chi connectivity index (χ2v) is 3.34. The fourth-order valence-corrected chi connectivity index (χ4v) is 1.36. The van der Waals surface area contributed by atoms with E-state index in [4.69, 9.17) is 4.74 Å². The maximum atomic E-state index is 10.9. The summed E-state index contributed by atoms with van der Waals surface area (Å²) < 4.78 is 4.99. The fourth-order valence-electron chi connectivity index (χ4n) is 1.36. The number of ether oxygens (including phenoxy) is 1. The molecule has 0 unspecified atom stereocenters. The number of phenolic OH excluding ortho intramolecular Hbond substituents is 1. The molecule has 0 aliphatic heterocycles. The largest absolute Gasteiger partial charge is 0.504 e. The van der Waals surface area contributed by atoms with Crippen molar-refractivity contribution in [3.05, 3.63) is 23.3 Å². The molecule has 0 radical (unpaired) electrons. The number of aromatic hydroxyl groups is 1. The average molecular weight is 194 g/mol. The topological polar surface area (TPSA) is 46.5 Å². The minimum absolute atomic E-state index is 0.0946. The van der Waals surface area contributed by atoms with Crippen LogP contribution in [0.5, 0.6) is 11.5 Å². The van der Waals surface area contributed by atoms with Crippen molar-refractivity contribution < 1.29 is 14.6 Å². The molecule has 0 fully saturated rings. The molecule has 0 heterocycles. The van der Waals surface area contributed by atoms with E-state index in [1.54, 1.807) is 19.1 Å². The summed E-state index contributed by atoms with van der Waals surface area (Å²) in [6.07, 6.45) is 0.372. The maximum absolute atomic E-state index is 10.9. The highest BCUT2D eigenvalue weighted by Gasteiger charge is 2.08. The number of carbonyl (C=O) groups is 1. The quantitative estimate of drug-likeness (QED) is 0.798. The molecule has 76 valence electrons. The third kappa shape index (κ3) is 2.25. The number of rotatable bonds is 3. The van der Waals surface area contributed by atoms with Crippen LogP contribution in [0.15, 0.2) is 12.1 Å². The summed E-state index contributed by atoms with van der Waals surface area (Å²) >= 11 is 0. The van der Waals surface area contributed by atoms with Gasteiger partial charge in [0, 0.05) is 6.42 Å². The Balaban J connectivity index is 3.09. The van der Waals surface area contributed by atoms with Crippen LogP contribution < -0.4 is 4.74 Å². The second kappa shape index (κ2) is 4.13. The molecule has 0 aliphatic carbocycles. The van der Waals surface area contributed by atoms with Gasteiger partial charge in [-0.15, -0.1) is 0 Å². The number of methoxy groups -OCH3 is 1. The monoisotopic (exact) mass is 194 g/mol. The first-order chi connectivity index (χ1) is 6.54. The average Bonchev–Trinajstić information content (AvgIpc) is 2.10. The highest BCUT2D eigenvalue weighted by Crippen LogP contribution is 2.30. The van der Waals surface area contributed by atoms with Crippen molar-refractivity contribution in [1.29, 1.82) is 0 Å². The first-order valence-electron chi connectivity index (χ1n) is 4.40. The standard InChI is InChI=1S/C11H14O3/c1-7-4-9(5-8(2)12)6-10(14-3)11(7)13/h4,6,13H,5H2,1-3H3. The van der Waals surface area contributed by atoms with Crippen molar-refractivity contribution >= 4 is 5.78 Å². The Labute approximate surface area is 83.3 Å². The van der Waals surface area contributed by atoms with Crippen LogP contribution in [0.2, 0.25) is 0 Å². The number of Topliss-reactive ketones (excluding diaryl/α,β-unsaturated/α-hetero) is 1. The molecule has 0 spiro atoms. The van der Waals surface area contributed by atoms with Crippen molar-refractivity contribution in [2.45, 2.75) is 20.3 Å². The molecule has 1 rings (SSSR count). The van der Waals surface area contributed by atoms with Crippen LogP contribution in [0.4, 0.5) is 0 Å². The summed E-state index contributed by atoms with van der Waals surface area (Å²) in [6.45, 7) is 3.32. The Morgan fingerprint density at radius 2 is 2.14 bits per heavy atom. The van der Waals surface area contributed by atoms with E-state index in [1.807, 2.05) is 0 Å². The predicted octanol–water partition coefficient (Wildman–Crippen LogP) is 1.84. The summed E-state index contributed by atoms with van der Waals surface area (Å²) in [4.78, 5) is 10.9. The van der Waals surface area contributed by atoms with E-state index in [0.29, 0.717) is 12.2 Å². The van der Waals surface area contributed by atoms with E-state index in [9.17, 15) is 9.90 Å². The predicted molar refractivity (Wildman–Crippen MR) is 53.8 cm³/mol. The molecular formula is C11H14O3. The van der Waals surface area contributed by atoms with Crippen LogP contribution in [0.1, 0.15) is 18.1 Å². The zero-order valence-corrected chi connectivity index (χ0v) is 8.63. The summed E-state index contributed by atoms with van der Waals surface area (Å²) in [7, 11) is 1.49. The number of benzene rings is 1. The molecule has 0 bridgehead atoms.